The zero-order valence-corrected chi connectivity index (χ0v) is 10.4. The highest BCUT2D eigenvalue weighted by molar-refractivity contribution is 7.89. The first-order valence-corrected chi connectivity index (χ1v) is 6.69. The Labute approximate surface area is 99.4 Å². The van der Waals surface area contributed by atoms with E-state index in [9.17, 15) is 8.42 Å². The second kappa shape index (κ2) is 5.16. The molecule has 0 aliphatic carbocycles. The molecule has 0 saturated heterocycles. The maximum atomic E-state index is 11.7. The number of alkyl halides is 1. The molecule has 1 aromatic carbocycles. The average Bonchev–Trinajstić information content (AvgIpc) is 2.17. The topological polar surface area (TPSA) is 46.2 Å². The maximum absolute atomic E-state index is 11.7. The van der Waals surface area contributed by atoms with Gasteiger partial charge in [-0.15, -0.1) is 11.6 Å². The molecule has 0 bridgehead atoms. The Balaban J connectivity index is 2.96. The summed E-state index contributed by atoms with van der Waals surface area (Å²) in [5, 5.41) is 0.386. The third-order valence-corrected chi connectivity index (χ3v) is 3.98. The Morgan fingerprint density at radius 3 is 2.67 bits per heavy atom. The average molecular weight is 268 g/mol. The van der Waals surface area contributed by atoms with Gasteiger partial charge in [0.1, 0.15) is 0 Å². The summed E-state index contributed by atoms with van der Waals surface area (Å²) >= 11 is 11.2. The Morgan fingerprint density at radius 2 is 2.13 bits per heavy atom. The van der Waals surface area contributed by atoms with Crippen molar-refractivity contribution >= 4 is 33.2 Å². The molecule has 1 unspecified atom stereocenters. The van der Waals surface area contributed by atoms with Crippen LogP contribution in [-0.4, -0.2) is 20.3 Å². The van der Waals surface area contributed by atoms with Crippen molar-refractivity contribution in [3.05, 3.63) is 29.3 Å². The van der Waals surface area contributed by atoms with Crippen LogP contribution < -0.4 is 4.72 Å². The second-order valence-electron chi connectivity index (χ2n) is 3.13. The minimum atomic E-state index is -3.51. The summed E-state index contributed by atoms with van der Waals surface area (Å²) in [6, 6.07) is 5.77. The van der Waals surface area contributed by atoms with Gasteiger partial charge in [0.15, 0.2) is 0 Å². The monoisotopic (exact) mass is 267 g/mol. The van der Waals surface area contributed by atoms with E-state index in [1.54, 1.807) is 19.1 Å². The zero-order chi connectivity index (χ0) is 11.5. The third-order valence-electron chi connectivity index (χ3n) is 1.69. The highest BCUT2D eigenvalue weighted by Crippen LogP contribution is 2.15. The minimum absolute atomic E-state index is 0.145. The van der Waals surface area contributed by atoms with Crippen molar-refractivity contribution in [3.8, 4) is 0 Å². The van der Waals surface area contributed by atoms with E-state index < -0.39 is 10.0 Å². The van der Waals surface area contributed by atoms with E-state index in [0.29, 0.717) is 5.02 Å². The Bertz CT molecular complexity index is 433. The van der Waals surface area contributed by atoms with Crippen molar-refractivity contribution in [2.24, 2.45) is 0 Å². The Morgan fingerprint density at radius 1 is 1.47 bits per heavy atom. The summed E-state index contributed by atoms with van der Waals surface area (Å²) in [7, 11) is -3.51. The largest absolute Gasteiger partial charge is 0.240 e. The van der Waals surface area contributed by atoms with Crippen molar-refractivity contribution in [1.29, 1.82) is 0 Å². The van der Waals surface area contributed by atoms with Crippen LogP contribution in [0.4, 0.5) is 0 Å². The second-order valence-corrected chi connectivity index (χ2v) is 5.59. The highest BCUT2D eigenvalue weighted by Gasteiger charge is 2.16. The predicted octanol–water partition coefficient (Wildman–Crippen LogP) is 2.25. The lowest BCUT2D eigenvalue weighted by molar-refractivity contribution is 0.570. The molecule has 0 amide bonds. The molecule has 0 heterocycles. The van der Waals surface area contributed by atoms with Gasteiger partial charge >= 0.3 is 0 Å². The molecule has 1 aromatic rings. The molecule has 0 aliphatic rings. The fourth-order valence-electron chi connectivity index (χ4n) is 0.999. The maximum Gasteiger partial charge on any atom is 0.240 e. The first-order valence-electron chi connectivity index (χ1n) is 4.29. The number of benzene rings is 1. The van der Waals surface area contributed by atoms with Gasteiger partial charge in [0.05, 0.1) is 4.90 Å². The van der Waals surface area contributed by atoms with E-state index >= 15 is 0 Å². The van der Waals surface area contributed by atoms with E-state index in [2.05, 4.69) is 4.72 Å². The number of nitrogens with one attached hydrogen (secondary N) is 1. The predicted molar refractivity (Wildman–Crippen MR) is 62.0 cm³/mol. The number of halogens is 2. The minimum Gasteiger partial charge on any atom is -0.207 e. The van der Waals surface area contributed by atoms with Crippen LogP contribution in [0.25, 0.3) is 0 Å². The number of hydrogen-bond acceptors (Lipinski definition) is 2. The Hall–Kier alpha value is -0.290. The van der Waals surface area contributed by atoms with Crippen molar-refractivity contribution in [2.75, 3.05) is 5.88 Å². The van der Waals surface area contributed by atoms with E-state index in [4.69, 9.17) is 23.2 Å². The van der Waals surface area contributed by atoms with Crippen molar-refractivity contribution < 1.29 is 8.42 Å². The van der Waals surface area contributed by atoms with E-state index in [-0.39, 0.29) is 16.8 Å². The van der Waals surface area contributed by atoms with E-state index in [0.717, 1.165) is 0 Å². The molecule has 0 saturated carbocycles. The molecule has 15 heavy (non-hydrogen) atoms. The fraction of sp³-hybridized carbons (Fsp3) is 0.333. The molecule has 1 atom stereocenters. The van der Waals surface area contributed by atoms with Crippen molar-refractivity contribution in [1.82, 2.24) is 4.72 Å². The summed E-state index contributed by atoms with van der Waals surface area (Å²) in [6.45, 7) is 1.69. The van der Waals surface area contributed by atoms with Gasteiger partial charge in [0.2, 0.25) is 10.0 Å². The third kappa shape index (κ3) is 3.65. The molecule has 0 spiro atoms. The molecule has 0 radical (unpaired) electrons. The Kier molecular flexibility index (Phi) is 4.40. The number of rotatable bonds is 4. The zero-order valence-electron chi connectivity index (χ0n) is 8.07. The van der Waals surface area contributed by atoms with Gasteiger partial charge in [-0.05, 0) is 25.1 Å². The molecular weight excluding hydrogens is 257 g/mol. The van der Waals surface area contributed by atoms with Gasteiger partial charge in [0, 0.05) is 16.9 Å². The normalized spacial score (nSPS) is 13.8. The lowest BCUT2D eigenvalue weighted by Crippen LogP contribution is -2.33. The SMILES string of the molecule is CC(CCl)NS(=O)(=O)c1cccc(Cl)c1. The lowest BCUT2D eigenvalue weighted by Gasteiger charge is -2.11. The molecule has 1 rings (SSSR count). The van der Waals surface area contributed by atoms with Crippen molar-refractivity contribution in [2.45, 2.75) is 17.9 Å². The van der Waals surface area contributed by atoms with Gasteiger partial charge in [-0.25, -0.2) is 13.1 Å². The first-order chi connectivity index (χ1) is 6.95. The summed E-state index contributed by atoms with van der Waals surface area (Å²) in [6.07, 6.45) is 0. The quantitative estimate of drug-likeness (QED) is 0.851. The van der Waals surface area contributed by atoms with E-state index in [1.165, 1.54) is 12.1 Å². The van der Waals surface area contributed by atoms with Crippen LogP contribution >= 0.6 is 23.2 Å². The highest BCUT2D eigenvalue weighted by atomic mass is 35.5. The fourth-order valence-corrected chi connectivity index (χ4v) is 2.71. The number of sulfonamides is 1. The molecule has 1 N–H and O–H groups in total. The number of hydrogen-bond donors (Lipinski definition) is 1. The summed E-state index contributed by atoms with van der Waals surface area (Å²) in [5.74, 6) is 0.222. The summed E-state index contributed by atoms with van der Waals surface area (Å²) in [4.78, 5) is 0.145. The van der Waals surface area contributed by atoms with Crippen LogP contribution in [0.1, 0.15) is 6.92 Å². The van der Waals surface area contributed by atoms with Crippen LogP contribution in [0.15, 0.2) is 29.2 Å². The summed E-state index contributed by atoms with van der Waals surface area (Å²) in [5.41, 5.74) is 0. The molecule has 0 aromatic heterocycles. The first kappa shape index (κ1) is 12.8. The molecule has 3 nitrogen and oxygen atoms in total. The molecule has 6 heteroatoms. The van der Waals surface area contributed by atoms with Crippen LogP contribution in [0.3, 0.4) is 0 Å². The van der Waals surface area contributed by atoms with Gasteiger partial charge in [0.25, 0.3) is 0 Å². The van der Waals surface area contributed by atoms with Crippen LogP contribution in [0.2, 0.25) is 5.02 Å². The van der Waals surface area contributed by atoms with Gasteiger partial charge in [-0.2, -0.15) is 0 Å². The molecule has 0 fully saturated rings. The summed E-state index contributed by atoms with van der Waals surface area (Å²) < 4.78 is 25.9. The molecule has 84 valence electrons. The molecule has 0 aliphatic heterocycles. The van der Waals surface area contributed by atoms with Crippen molar-refractivity contribution in [3.63, 3.8) is 0 Å². The van der Waals surface area contributed by atoms with Crippen LogP contribution in [-0.2, 0) is 10.0 Å². The standard InChI is InChI=1S/C9H11Cl2NO2S/c1-7(6-10)12-15(13,14)9-4-2-3-8(11)5-9/h2-5,7,12H,6H2,1H3. The van der Waals surface area contributed by atoms with Gasteiger partial charge < -0.3 is 0 Å². The van der Waals surface area contributed by atoms with Crippen LogP contribution in [0.5, 0.6) is 0 Å². The lowest BCUT2D eigenvalue weighted by atomic mass is 10.4. The van der Waals surface area contributed by atoms with Gasteiger partial charge in [-0.3, -0.25) is 0 Å². The van der Waals surface area contributed by atoms with E-state index in [1.807, 2.05) is 0 Å². The smallest absolute Gasteiger partial charge is 0.207 e. The van der Waals surface area contributed by atoms with Crippen LogP contribution in [0, 0.1) is 0 Å². The van der Waals surface area contributed by atoms with Gasteiger partial charge in [-0.1, -0.05) is 17.7 Å². The molecular formula is C9H11Cl2NO2S.